The summed E-state index contributed by atoms with van der Waals surface area (Å²) in [6.07, 6.45) is 1.10. The second kappa shape index (κ2) is 12.3. The highest BCUT2D eigenvalue weighted by molar-refractivity contribution is 14.0. The average Bonchev–Trinajstić information content (AvgIpc) is 2.65. The van der Waals surface area contributed by atoms with Crippen molar-refractivity contribution < 1.29 is 4.79 Å². The number of benzene rings is 1. The Morgan fingerprint density at radius 3 is 2.50 bits per heavy atom. The van der Waals surface area contributed by atoms with Gasteiger partial charge in [0.1, 0.15) is 6.54 Å². The van der Waals surface area contributed by atoms with E-state index in [2.05, 4.69) is 58.6 Å². The highest BCUT2D eigenvalue weighted by atomic mass is 127. The zero-order valence-corrected chi connectivity index (χ0v) is 20.2. The normalized spacial score (nSPS) is 15.4. The lowest BCUT2D eigenvalue weighted by Crippen LogP contribution is -2.50. The van der Waals surface area contributed by atoms with Crippen LogP contribution in [0.1, 0.15) is 31.9 Å². The Labute approximate surface area is 187 Å². The van der Waals surface area contributed by atoms with Crippen molar-refractivity contribution in [3.05, 3.63) is 35.4 Å². The molecule has 28 heavy (non-hydrogen) atoms. The van der Waals surface area contributed by atoms with Gasteiger partial charge in [0.05, 0.1) is 0 Å². The number of carbonyl (C=O) groups is 1. The molecule has 7 heteroatoms. The molecule has 1 amide bonds. The van der Waals surface area contributed by atoms with E-state index in [1.165, 1.54) is 11.1 Å². The molecule has 0 aromatic heterocycles. The van der Waals surface area contributed by atoms with E-state index in [9.17, 15) is 4.79 Å². The SMILES string of the molecule is CCNC(=NCC(=O)N(C)C)NCC(C(C)C)N1CCc2ccccc2C1.I. The second-order valence-corrected chi connectivity index (χ2v) is 7.66. The van der Waals surface area contributed by atoms with Crippen molar-refractivity contribution in [2.45, 2.75) is 39.8 Å². The van der Waals surface area contributed by atoms with Gasteiger partial charge in [-0.1, -0.05) is 38.1 Å². The molecule has 1 unspecified atom stereocenters. The van der Waals surface area contributed by atoms with Gasteiger partial charge in [0.2, 0.25) is 5.91 Å². The maximum absolute atomic E-state index is 11.8. The van der Waals surface area contributed by atoms with Crippen LogP contribution in [0.5, 0.6) is 0 Å². The summed E-state index contributed by atoms with van der Waals surface area (Å²) >= 11 is 0. The molecule has 1 atom stereocenters. The Kier molecular flexibility index (Phi) is 10.8. The van der Waals surface area contributed by atoms with Crippen molar-refractivity contribution in [2.24, 2.45) is 10.9 Å². The Morgan fingerprint density at radius 2 is 1.89 bits per heavy atom. The third-order valence-corrected chi connectivity index (χ3v) is 5.09. The van der Waals surface area contributed by atoms with Crippen LogP contribution < -0.4 is 10.6 Å². The summed E-state index contributed by atoms with van der Waals surface area (Å²) in [4.78, 5) is 20.4. The molecular formula is C21H36IN5O. The lowest BCUT2D eigenvalue weighted by atomic mass is 9.95. The Bertz CT molecular complexity index is 647. The number of carbonyl (C=O) groups excluding carboxylic acids is 1. The van der Waals surface area contributed by atoms with Gasteiger partial charge in [-0.2, -0.15) is 0 Å². The smallest absolute Gasteiger partial charge is 0.243 e. The minimum atomic E-state index is 0. The van der Waals surface area contributed by atoms with Crippen LogP contribution in [0.15, 0.2) is 29.3 Å². The maximum Gasteiger partial charge on any atom is 0.243 e. The number of likely N-dealkylation sites (N-methyl/N-ethyl adjacent to an activating group) is 1. The summed E-state index contributed by atoms with van der Waals surface area (Å²) in [5.74, 6) is 1.23. The Morgan fingerprint density at radius 1 is 1.21 bits per heavy atom. The largest absolute Gasteiger partial charge is 0.357 e. The highest BCUT2D eigenvalue weighted by Crippen LogP contribution is 2.22. The van der Waals surface area contributed by atoms with Crippen LogP contribution in [0.3, 0.4) is 0 Å². The van der Waals surface area contributed by atoms with Crippen molar-refractivity contribution in [2.75, 3.05) is 40.3 Å². The quantitative estimate of drug-likeness (QED) is 0.342. The number of nitrogens with zero attached hydrogens (tertiary/aromatic N) is 3. The van der Waals surface area contributed by atoms with Crippen LogP contribution in [0.4, 0.5) is 0 Å². The topological polar surface area (TPSA) is 60.0 Å². The molecule has 0 fully saturated rings. The Balaban J connectivity index is 0.00000392. The number of halogens is 1. The minimum Gasteiger partial charge on any atom is -0.357 e. The van der Waals surface area contributed by atoms with E-state index in [1.807, 2.05) is 6.92 Å². The zero-order chi connectivity index (χ0) is 19.8. The molecule has 1 aliphatic rings. The van der Waals surface area contributed by atoms with Crippen molar-refractivity contribution in [1.29, 1.82) is 0 Å². The van der Waals surface area contributed by atoms with Gasteiger partial charge in [-0.05, 0) is 30.4 Å². The zero-order valence-electron chi connectivity index (χ0n) is 17.9. The van der Waals surface area contributed by atoms with E-state index in [-0.39, 0.29) is 36.4 Å². The molecule has 0 saturated heterocycles. The van der Waals surface area contributed by atoms with Crippen LogP contribution in [0, 0.1) is 5.92 Å². The first kappa shape index (κ1) is 24.7. The number of aliphatic imine (C=N–C) groups is 1. The number of hydrogen-bond acceptors (Lipinski definition) is 3. The molecule has 0 bridgehead atoms. The molecule has 1 heterocycles. The van der Waals surface area contributed by atoms with Crippen LogP contribution in [0.25, 0.3) is 0 Å². The number of fused-ring (bicyclic) bond motifs is 1. The first-order valence-corrected chi connectivity index (χ1v) is 9.95. The van der Waals surface area contributed by atoms with E-state index in [0.717, 1.165) is 32.6 Å². The first-order chi connectivity index (χ1) is 12.9. The van der Waals surface area contributed by atoms with Crippen LogP contribution in [-0.4, -0.2) is 68.0 Å². The predicted octanol–water partition coefficient (Wildman–Crippen LogP) is 2.33. The predicted molar refractivity (Wildman–Crippen MR) is 127 cm³/mol. The molecule has 1 aromatic rings. The maximum atomic E-state index is 11.8. The number of rotatable bonds is 7. The van der Waals surface area contributed by atoms with Gasteiger partial charge >= 0.3 is 0 Å². The molecule has 0 spiro atoms. The van der Waals surface area contributed by atoms with E-state index in [1.54, 1.807) is 19.0 Å². The van der Waals surface area contributed by atoms with Gasteiger partial charge in [0.25, 0.3) is 0 Å². The molecule has 1 aromatic carbocycles. The standard InChI is InChI=1S/C21H35N5O.HI/c1-6-22-21(24-14-20(27)25(4)5)23-13-19(16(2)3)26-12-11-17-9-7-8-10-18(17)15-26;/h7-10,16,19H,6,11-15H2,1-5H3,(H2,22,23,24);1H. The van der Waals surface area contributed by atoms with E-state index in [0.29, 0.717) is 17.9 Å². The van der Waals surface area contributed by atoms with E-state index < -0.39 is 0 Å². The molecule has 2 N–H and O–H groups in total. The number of amides is 1. The molecular weight excluding hydrogens is 465 g/mol. The third kappa shape index (κ3) is 7.24. The summed E-state index contributed by atoms with van der Waals surface area (Å²) < 4.78 is 0. The fourth-order valence-electron chi connectivity index (χ4n) is 3.42. The fourth-order valence-corrected chi connectivity index (χ4v) is 3.42. The number of hydrogen-bond donors (Lipinski definition) is 2. The average molecular weight is 501 g/mol. The number of guanidine groups is 1. The van der Waals surface area contributed by atoms with Gasteiger partial charge < -0.3 is 15.5 Å². The van der Waals surface area contributed by atoms with Crippen molar-refractivity contribution in [1.82, 2.24) is 20.4 Å². The molecule has 0 aliphatic carbocycles. The van der Waals surface area contributed by atoms with Crippen LogP contribution >= 0.6 is 24.0 Å². The van der Waals surface area contributed by atoms with Gasteiger partial charge in [-0.15, -0.1) is 24.0 Å². The van der Waals surface area contributed by atoms with Gasteiger partial charge in [-0.25, -0.2) is 4.99 Å². The van der Waals surface area contributed by atoms with Crippen molar-refractivity contribution in [3.63, 3.8) is 0 Å². The summed E-state index contributed by atoms with van der Waals surface area (Å²) in [7, 11) is 3.50. The summed E-state index contributed by atoms with van der Waals surface area (Å²) in [6.45, 7) is 10.4. The second-order valence-electron chi connectivity index (χ2n) is 7.66. The number of nitrogens with one attached hydrogen (secondary N) is 2. The summed E-state index contributed by atoms with van der Waals surface area (Å²) in [6, 6.07) is 9.15. The van der Waals surface area contributed by atoms with Gasteiger partial charge in [0.15, 0.2) is 5.96 Å². The minimum absolute atomic E-state index is 0. The monoisotopic (exact) mass is 501 g/mol. The third-order valence-electron chi connectivity index (χ3n) is 5.09. The van der Waals surface area contributed by atoms with Crippen molar-refractivity contribution in [3.8, 4) is 0 Å². The van der Waals surface area contributed by atoms with Crippen molar-refractivity contribution >= 4 is 35.8 Å². The van der Waals surface area contributed by atoms with E-state index >= 15 is 0 Å². The summed E-state index contributed by atoms with van der Waals surface area (Å²) in [5.41, 5.74) is 2.91. The first-order valence-electron chi connectivity index (χ1n) is 9.95. The van der Waals surface area contributed by atoms with Crippen LogP contribution in [-0.2, 0) is 17.8 Å². The lowest BCUT2D eigenvalue weighted by molar-refractivity contribution is -0.127. The molecule has 1 aliphatic heterocycles. The Hall–Kier alpha value is -1.35. The molecule has 158 valence electrons. The highest BCUT2D eigenvalue weighted by Gasteiger charge is 2.25. The molecule has 6 nitrogen and oxygen atoms in total. The fraction of sp³-hybridized carbons (Fsp3) is 0.619. The molecule has 2 rings (SSSR count). The van der Waals surface area contributed by atoms with Crippen LogP contribution in [0.2, 0.25) is 0 Å². The lowest BCUT2D eigenvalue weighted by Gasteiger charge is -2.38. The molecule has 0 saturated carbocycles. The van der Waals surface area contributed by atoms with Gasteiger partial charge in [0, 0.05) is 46.3 Å². The summed E-state index contributed by atoms with van der Waals surface area (Å²) in [5, 5.41) is 6.68. The molecule has 0 radical (unpaired) electrons. The van der Waals surface area contributed by atoms with E-state index in [4.69, 9.17) is 0 Å². The van der Waals surface area contributed by atoms with Gasteiger partial charge in [-0.3, -0.25) is 9.69 Å².